The summed E-state index contributed by atoms with van der Waals surface area (Å²) >= 11 is 4.72. The second-order valence-corrected chi connectivity index (χ2v) is 3.18. The molecule has 0 amide bonds. The number of hydrogen-bond donors (Lipinski definition) is 2. The normalized spacial score (nSPS) is 10.1. The number of nitrogens with one attached hydrogen (secondary N) is 1. The molecule has 1 aromatic carbocycles. The number of hydrogen-bond acceptors (Lipinski definition) is 4. The molecule has 0 fully saturated rings. The van der Waals surface area contributed by atoms with Crippen molar-refractivity contribution in [1.29, 1.82) is 0 Å². The van der Waals surface area contributed by atoms with Gasteiger partial charge in [-0.1, -0.05) is 6.07 Å². The molecule has 0 aliphatic heterocycles. The maximum absolute atomic E-state index is 10.7. The Morgan fingerprint density at radius 2 is 2.33 bits per heavy atom. The van der Waals surface area contributed by atoms with E-state index in [0.29, 0.717) is 5.56 Å². The summed E-state index contributed by atoms with van der Waals surface area (Å²) in [6.07, 6.45) is 0. The molecule has 15 heavy (non-hydrogen) atoms. The smallest absolute Gasteiger partial charge is 0.335 e. The predicted molar refractivity (Wildman–Crippen MR) is 54.1 cm³/mol. The van der Waals surface area contributed by atoms with E-state index in [0.717, 1.165) is 0 Å². The Balaban J connectivity index is 2.49. The quantitative estimate of drug-likeness (QED) is 0.760. The monoisotopic (exact) mass is 222 g/mol. The molecule has 2 N–H and O–H groups in total. The molecule has 0 atom stereocenters. The van der Waals surface area contributed by atoms with Crippen LogP contribution in [0, 0.1) is 4.84 Å². The Kier molecular flexibility index (Phi) is 2.34. The first kappa shape index (κ1) is 9.60. The van der Waals surface area contributed by atoms with Crippen LogP contribution in [0.15, 0.2) is 28.7 Å². The van der Waals surface area contributed by atoms with Crippen molar-refractivity contribution in [2.24, 2.45) is 0 Å². The fraction of sp³-hybridized carbons (Fsp3) is 0. The van der Waals surface area contributed by atoms with E-state index in [9.17, 15) is 4.79 Å². The average molecular weight is 222 g/mol. The number of carbonyl (C=O) groups is 1. The molecule has 76 valence electrons. The lowest BCUT2D eigenvalue weighted by molar-refractivity contribution is 0.0697. The van der Waals surface area contributed by atoms with Crippen molar-refractivity contribution >= 4 is 18.2 Å². The summed E-state index contributed by atoms with van der Waals surface area (Å²) < 4.78 is 5.06. The second-order valence-electron chi connectivity index (χ2n) is 2.80. The minimum absolute atomic E-state index is 0.158. The van der Waals surface area contributed by atoms with Gasteiger partial charge in [0.15, 0.2) is 0 Å². The molecular formula is C9H6N2O3S. The van der Waals surface area contributed by atoms with Gasteiger partial charge in [-0.15, -0.1) is 5.10 Å². The number of benzene rings is 1. The van der Waals surface area contributed by atoms with Gasteiger partial charge in [0.1, 0.15) is 0 Å². The Labute approximate surface area is 89.4 Å². The lowest BCUT2D eigenvalue weighted by Gasteiger charge is -1.96. The Hall–Kier alpha value is -1.95. The zero-order chi connectivity index (χ0) is 10.8. The van der Waals surface area contributed by atoms with Crippen LogP contribution in [0.25, 0.3) is 11.5 Å². The Bertz CT molecular complexity index is 558. The van der Waals surface area contributed by atoms with Gasteiger partial charge >= 0.3 is 5.97 Å². The van der Waals surface area contributed by atoms with Gasteiger partial charge in [0, 0.05) is 5.56 Å². The summed E-state index contributed by atoms with van der Waals surface area (Å²) in [7, 11) is 0. The van der Waals surface area contributed by atoms with E-state index in [1.165, 1.54) is 12.1 Å². The summed E-state index contributed by atoms with van der Waals surface area (Å²) in [5.74, 6) is -0.714. The highest BCUT2D eigenvalue weighted by Crippen LogP contribution is 2.17. The van der Waals surface area contributed by atoms with Gasteiger partial charge in [0.2, 0.25) is 5.89 Å². The molecule has 0 radical (unpaired) electrons. The van der Waals surface area contributed by atoms with Crippen molar-refractivity contribution in [1.82, 2.24) is 10.2 Å². The van der Waals surface area contributed by atoms with E-state index in [2.05, 4.69) is 10.2 Å². The predicted octanol–water partition coefficient (Wildman–Crippen LogP) is 2.10. The summed E-state index contributed by atoms with van der Waals surface area (Å²) in [5.41, 5.74) is 0.749. The average Bonchev–Trinajstić information content (AvgIpc) is 2.65. The van der Waals surface area contributed by atoms with Crippen LogP contribution in [0.4, 0.5) is 0 Å². The van der Waals surface area contributed by atoms with E-state index in [4.69, 9.17) is 21.7 Å². The van der Waals surface area contributed by atoms with Crippen molar-refractivity contribution in [3.8, 4) is 11.5 Å². The van der Waals surface area contributed by atoms with Gasteiger partial charge in [0.05, 0.1) is 5.56 Å². The molecule has 0 aliphatic carbocycles. The van der Waals surface area contributed by atoms with Crippen LogP contribution in [0.3, 0.4) is 0 Å². The molecular weight excluding hydrogens is 216 g/mol. The van der Waals surface area contributed by atoms with Gasteiger partial charge < -0.3 is 9.52 Å². The lowest BCUT2D eigenvalue weighted by atomic mass is 10.1. The van der Waals surface area contributed by atoms with Gasteiger partial charge in [-0.3, -0.25) is 0 Å². The third-order valence-corrected chi connectivity index (χ3v) is 1.97. The zero-order valence-corrected chi connectivity index (χ0v) is 8.25. The van der Waals surface area contributed by atoms with Crippen molar-refractivity contribution in [2.45, 2.75) is 0 Å². The maximum Gasteiger partial charge on any atom is 0.335 e. The number of H-pyrrole nitrogens is 1. The summed E-state index contributed by atoms with van der Waals surface area (Å²) in [6, 6.07) is 6.27. The van der Waals surface area contributed by atoms with Crippen LogP contribution in [-0.4, -0.2) is 21.3 Å². The van der Waals surface area contributed by atoms with Crippen LogP contribution in [0.1, 0.15) is 10.4 Å². The van der Waals surface area contributed by atoms with E-state index in [-0.39, 0.29) is 16.3 Å². The second kappa shape index (κ2) is 3.66. The van der Waals surface area contributed by atoms with Gasteiger partial charge in [-0.2, -0.15) is 0 Å². The molecule has 2 rings (SSSR count). The number of carboxylic acid groups (broad SMARTS) is 1. The molecule has 6 heteroatoms. The van der Waals surface area contributed by atoms with Crippen LogP contribution < -0.4 is 0 Å². The number of rotatable bonds is 2. The maximum atomic E-state index is 10.7. The first-order valence-corrected chi connectivity index (χ1v) is 4.47. The molecule has 5 nitrogen and oxygen atoms in total. The topological polar surface area (TPSA) is 79.1 Å². The molecule has 0 saturated heterocycles. The van der Waals surface area contributed by atoms with Gasteiger partial charge in [-0.25, -0.2) is 9.89 Å². The fourth-order valence-electron chi connectivity index (χ4n) is 1.14. The molecule has 1 aromatic heterocycles. The van der Waals surface area contributed by atoms with E-state index < -0.39 is 5.97 Å². The largest absolute Gasteiger partial charge is 0.478 e. The van der Waals surface area contributed by atoms with E-state index in [1.807, 2.05) is 0 Å². The Morgan fingerprint density at radius 3 is 2.93 bits per heavy atom. The highest BCUT2D eigenvalue weighted by molar-refractivity contribution is 7.71. The standard InChI is InChI=1S/C9H6N2O3S/c12-8(13)6-3-1-2-5(4-6)7-10-11-9(15)14-7/h1-4H,(H,11,15)(H,12,13). The zero-order valence-electron chi connectivity index (χ0n) is 7.43. The molecule has 0 aliphatic rings. The minimum Gasteiger partial charge on any atom is -0.478 e. The summed E-state index contributed by atoms with van der Waals surface area (Å²) in [5, 5.41) is 15.0. The van der Waals surface area contributed by atoms with Crippen LogP contribution in [-0.2, 0) is 0 Å². The highest BCUT2D eigenvalue weighted by atomic mass is 32.1. The number of aromatic nitrogens is 2. The van der Waals surface area contributed by atoms with Gasteiger partial charge in [0.25, 0.3) is 4.84 Å². The van der Waals surface area contributed by atoms with Crippen molar-refractivity contribution in [3.05, 3.63) is 34.7 Å². The van der Waals surface area contributed by atoms with E-state index in [1.54, 1.807) is 12.1 Å². The fourth-order valence-corrected chi connectivity index (χ4v) is 1.26. The SMILES string of the molecule is O=C(O)c1cccc(-c2n[nH]c(=S)o2)c1. The van der Waals surface area contributed by atoms with Gasteiger partial charge in [-0.05, 0) is 30.4 Å². The number of carboxylic acids is 1. The van der Waals surface area contributed by atoms with Crippen LogP contribution >= 0.6 is 12.2 Å². The summed E-state index contributed by atoms with van der Waals surface area (Å²) in [6.45, 7) is 0. The number of aromatic carboxylic acids is 1. The minimum atomic E-state index is -0.994. The third-order valence-electron chi connectivity index (χ3n) is 1.79. The third kappa shape index (κ3) is 1.94. The first-order valence-electron chi connectivity index (χ1n) is 4.06. The first-order chi connectivity index (χ1) is 7.16. The van der Waals surface area contributed by atoms with Crippen molar-refractivity contribution < 1.29 is 14.3 Å². The Morgan fingerprint density at radius 1 is 1.53 bits per heavy atom. The lowest BCUT2D eigenvalue weighted by Crippen LogP contribution is -1.95. The van der Waals surface area contributed by atoms with Crippen LogP contribution in [0.5, 0.6) is 0 Å². The molecule has 0 unspecified atom stereocenters. The van der Waals surface area contributed by atoms with Crippen molar-refractivity contribution in [2.75, 3.05) is 0 Å². The molecule has 2 aromatic rings. The molecule has 0 saturated carbocycles. The molecule has 0 bridgehead atoms. The van der Waals surface area contributed by atoms with Crippen molar-refractivity contribution in [3.63, 3.8) is 0 Å². The highest BCUT2D eigenvalue weighted by Gasteiger charge is 2.07. The number of aromatic amines is 1. The number of nitrogens with zero attached hydrogens (tertiary/aromatic N) is 1. The van der Waals surface area contributed by atoms with Crippen LogP contribution in [0.2, 0.25) is 0 Å². The molecule has 1 heterocycles. The summed E-state index contributed by atoms with van der Waals surface area (Å²) in [4.78, 5) is 10.9. The molecule has 0 spiro atoms. The van der Waals surface area contributed by atoms with E-state index >= 15 is 0 Å².